The van der Waals surface area contributed by atoms with Gasteiger partial charge in [0.05, 0.1) is 18.8 Å². The van der Waals surface area contributed by atoms with Gasteiger partial charge < -0.3 is 15.5 Å². The average molecular weight is 380 g/mol. The Kier molecular flexibility index (Phi) is 6.95. The summed E-state index contributed by atoms with van der Waals surface area (Å²) >= 11 is 0. The Hall–Kier alpha value is -2.87. The number of halogens is 3. The van der Waals surface area contributed by atoms with Crippen molar-refractivity contribution in [2.45, 2.75) is 13.0 Å². The van der Waals surface area contributed by atoms with E-state index in [4.69, 9.17) is 0 Å². The van der Waals surface area contributed by atoms with Gasteiger partial charge in [0.15, 0.2) is 30.5 Å². The van der Waals surface area contributed by atoms with Crippen molar-refractivity contribution >= 4 is 17.5 Å². The summed E-state index contributed by atoms with van der Waals surface area (Å²) in [5.41, 5.74) is 0.504. The Morgan fingerprint density at radius 2 is 1.59 bits per heavy atom. The van der Waals surface area contributed by atoms with Gasteiger partial charge in [0.2, 0.25) is 0 Å². The van der Waals surface area contributed by atoms with Gasteiger partial charge >= 0.3 is 0 Å². The van der Waals surface area contributed by atoms with Crippen molar-refractivity contribution in [3.63, 3.8) is 0 Å². The SMILES string of the molecule is C[C@H](NC(=O)C[NH+](C)CC(=O)Nc1ccc(F)c(F)c1F)c1ccccc1. The highest BCUT2D eigenvalue weighted by Gasteiger charge is 2.19. The van der Waals surface area contributed by atoms with Crippen LogP contribution in [-0.4, -0.2) is 32.0 Å². The smallest absolute Gasteiger partial charge is 0.279 e. The molecule has 27 heavy (non-hydrogen) atoms. The van der Waals surface area contributed by atoms with Crippen LogP contribution in [0.4, 0.5) is 18.9 Å². The number of carbonyl (C=O) groups is 2. The van der Waals surface area contributed by atoms with Crippen LogP contribution in [0.3, 0.4) is 0 Å². The van der Waals surface area contributed by atoms with Gasteiger partial charge in [0.1, 0.15) is 0 Å². The molecule has 2 aromatic carbocycles. The molecule has 2 atom stereocenters. The summed E-state index contributed by atoms with van der Waals surface area (Å²) in [6.45, 7) is 1.72. The fourth-order valence-electron chi connectivity index (χ4n) is 2.55. The molecule has 0 saturated heterocycles. The van der Waals surface area contributed by atoms with Crippen molar-refractivity contribution in [2.75, 3.05) is 25.5 Å². The van der Waals surface area contributed by atoms with Crippen molar-refractivity contribution in [1.82, 2.24) is 5.32 Å². The van der Waals surface area contributed by atoms with E-state index in [2.05, 4.69) is 10.6 Å². The Morgan fingerprint density at radius 3 is 2.26 bits per heavy atom. The monoisotopic (exact) mass is 380 g/mol. The van der Waals surface area contributed by atoms with Crippen LogP contribution >= 0.6 is 0 Å². The zero-order valence-corrected chi connectivity index (χ0v) is 15.0. The molecule has 0 bridgehead atoms. The molecule has 0 aliphatic rings. The molecule has 3 N–H and O–H groups in total. The lowest BCUT2D eigenvalue weighted by Gasteiger charge is -2.17. The maximum absolute atomic E-state index is 13.6. The molecule has 2 amide bonds. The largest absolute Gasteiger partial charge is 0.345 e. The minimum absolute atomic E-state index is 0.0187. The number of anilines is 1. The molecule has 0 fully saturated rings. The molecule has 0 radical (unpaired) electrons. The van der Waals surface area contributed by atoms with Crippen LogP contribution in [0, 0.1) is 17.5 Å². The van der Waals surface area contributed by atoms with Gasteiger partial charge in [0, 0.05) is 0 Å². The number of amides is 2. The number of hydrogen-bond acceptors (Lipinski definition) is 2. The van der Waals surface area contributed by atoms with Gasteiger partial charge in [-0.25, -0.2) is 13.2 Å². The quantitative estimate of drug-likeness (QED) is 0.637. The van der Waals surface area contributed by atoms with Gasteiger partial charge in [-0.05, 0) is 24.6 Å². The summed E-state index contributed by atoms with van der Waals surface area (Å²) in [7, 11) is 1.62. The van der Waals surface area contributed by atoms with E-state index in [0.717, 1.165) is 17.7 Å². The van der Waals surface area contributed by atoms with E-state index < -0.39 is 29.0 Å². The molecule has 0 saturated carbocycles. The third-order valence-corrected chi connectivity index (χ3v) is 3.91. The minimum Gasteiger partial charge on any atom is -0.345 e. The van der Waals surface area contributed by atoms with Gasteiger partial charge in [0.25, 0.3) is 11.8 Å². The normalized spacial score (nSPS) is 12.9. The molecular formula is C19H21F3N3O2+. The highest BCUT2D eigenvalue weighted by molar-refractivity contribution is 5.91. The van der Waals surface area contributed by atoms with Crippen molar-refractivity contribution < 1.29 is 27.7 Å². The second kappa shape index (κ2) is 9.18. The number of benzene rings is 2. The fourth-order valence-corrected chi connectivity index (χ4v) is 2.55. The molecule has 5 nitrogen and oxygen atoms in total. The number of likely N-dealkylation sites (N-methyl/N-ethyl adjacent to an activating group) is 1. The molecule has 2 rings (SSSR count). The first kappa shape index (κ1) is 20.4. The first-order valence-corrected chi connectivity index (χ1v) is 8.37. The lowest BCUT2D eigenvalue weighted by Crippen LogP contribution is -3.11. The Labute approximate surface area is 155 Å². The van der Waals surface area contributed by atoms with Crippen molar-refractivity contribution in [3.05, 3.63) is 65.5 Å². The maximum Gasteiger partial charge on any atom is 0.279 e. The summed E-state index contributed by atoms with van der Waals surface area (Å²) in [5.74, 6) is -5.33. The van der Waals surface area contributed by atoms with Crippen LogP contribution < -0.4 is 15.5 Å². The zero-order valence-electron chi connectivity index (χ0n) is 15.0. The molecule has 0 aliphatic heterocycles. The summed E-state index contributed by atoms with van der Waals surface area (Å²) in [6, 6.07) is 10.9. The van der Waals surface area contributed by atoms with Gasteiger partial charge in [-0.1, -0.05) is 30.3 Å². The van der Waals surface area contributed by atoms with Crippen LogP contribution in [-0.2, 0) is 9.59 Å². The molecule has 0 aromatic heterocycles. The number of quaternary nitrogens is 1. The Morgan fingerprint density at radius 1 is 0.963 bits per heavy atom. The predicted octanol–water partition coefficient (Wildman–Crippen LogP) is 1.43. The molecular weight excluding hydrogens is 359 g/mol. The van der Waals surface area contributed by atoms with E-state index in [1.807, 2.05) is 37.3 Å². The Bertz CT molecular complexity index is 815. The first-order chi connectivity index (χ1) is 12.8. The third kappa shape index (κ3) is 5.82. The third-order valence-electron chi connectivity index (χ3n) is 3.91. The molecule has 144 valence electrons. The number of nitrogens with one attached hydrogen (secondary N) is 3. The standard InChI is InChI=1S/C19H20F3N3O2/c1-12(13-6-4-3-5-7-13)23-16(26)10-25(2)11-17(27)24-15-9-8-14(20)18(21)19(15)22/h3-9,12H,10-11H2,1-2H3,(H,23,26)(H,24,27)/p+1/t12-/m0/s1. The van der Waals surface area contributed by atoms with Gasteiger partial charge in [-0.2, -0.15) is 0 Å². The first-order valence-electron chi connectivity index (χ1n) is 8.37. The van der Waals surface area contributed by atoms with E-state index >= 15 is 0 Å². The van der Waals surface area contributed by atoms with Crippen LogP contribution in [0.5, 0.6) is 0 Å². The molecule has 0 aliphatic carbocycles. The molecule has 1 unspecified atom stereocenters. The number of rotatable bonds is 7. The van der Waals surface area contributed by atoms with Gasteiger partial charge in [-0.15, -0.1) is 0 Å². The van der Waals surface area contributed by atoms with Gasteiger partial charge in [-0.3, -0.25) is 9.59 Å². The average Bonchev–Trinajstić information content (AvgIpc) is 2.62. The summed E-state index contributed by atoms with van der Waals surface area (Å²) in [5, 5.41) is 5.01. The molecule has 0 heterocycles. The predicted molar refractivity (Wildman–Crippen MR) is 94.6 cm³/mol. The fraction of sp³-hybridized carbons (Fsp3) is 0.263. The van der Waals surface area contributed by atoms with Crippen molar-refractivity contribution in [1.29, 1.82) is 0 Å². The van der Waals surface area contributed by atoms with Crippen molar-refractivity contribution in [2.24, 2.45) is 0 Å². The zero-order chi connectivity index (χ0) is 20.0. The van der Waals surface area contributed by atoms with E-state index in [9.17, 15) is 22.8 Å². The number of hydrogen-bond donors (Lipinski definition) is 3. The van der Waals surface area contributed by atoms with Crippen molar-refractivity contribution in [3.8, 4) is 0 Å². The summed E-state index contributed by atoms with van der Waals surface area (Å²) in [6.07, 6.45) is 0. The lowest BCUT2D eigenvalue weighted by molar-refractivity contribution is -0.862. The Balaban J connectivity index is 1.84. The van der Waals surface area contributed by atoms with Crippen LogP contribution in [0.1, 0.15) is 18.5 Å². The van der Waals surface area contributed by atoms with Crippen LogP contribution in [0.25, 0.3) is 0 Å². The van der Waals surface area contributed by atoms with Crippen LogP contribution in [0.2, 0.25) is 0 Å². The molecule has 0 spiro atoms. The van der Waals surface area contributed by atoms with E-state index in [-0.39, 0.29) is 25.0 Å². The second-order valence-electron chi connectivity index (χ2n) is 6.28. The minimum atomic E-state index is -1.65. The molecule has 2 aromatic rings. The lowest BCUT2D eigenvalue weighted by atomic mass is 10.1. The number of carbonyl (C=O) groups excluding carboxylic acids is 2. The maximum atomic E-state index is 13.6. The highest BCUT2D eigenvalue weighted by Crippen LogP contribution is 2.19. The van der Waals surface area contributed by atoms with E-state index in [0.29, 0.717) is 4.90 Å². The second-order valence-corrected chi connectivity index (χ2v) is 6.28. The van der Waals surface area contributed by atoms with Crippen LogP contribution in [0.15, 0.2) is 42.5 Å². The summed E-state index contributed by atoms with van der Waals surface area (Å²) < 4.78 is 39.7. The summed E-state index contributed by atoms with van der Waals surface area (Å²) in [4.78, 5) is 24.6. The van der Waals surface area contributed by atoms with E-state index in [1.54, 1.807) is 7.05 Å². The highest BCUT2D eigenvalue weighted by atomic mass is 19.2. The van der Waals surface area contributed by atoms with E-state index in [1.165, 1.54) is 0 Å². The molecule has 8 heteroatoms. The topological polar surface area (TPSA) is 62.6 Å².